The lowest BCUT2D eigenvalue weighted by Crippen LogP contribution is -2.03. The summed E-state index contributed by atoms with van der Waals surface area (Å²) >= 11 is 0. The van der Waals surface area contributed by atoms with Crippen molar-refractivity contribution in [2.45, 2.75) is 26.7 Å². The van der Waals surface area contributed by atoms with E-state index in [0.717, 1.165) is 16.5 Å². The van der Waals surface area contributed by atoms with E-state index in [1.54, 1.807) is 0 Å². The van der Waals surface area contributed by atoms with Crippen molar-refractivity contribution in [2.75, 3.05) is 11.5 Å². The summed E-state index contributed by atoms with van der Waals surface area (Å²) in [5.74, 6) is 1.54. The topological polar surface area (TPSA) is 77.8 Å². The molecule has 0 radical (unpaired) electrons. The summed E-state index contributed by atoms with van der Waals surface area (Å²) < 4.78 is 0. The van der Waals surface area contributed by atoms with Crippen molar-refractivity contribution in [2.24, 2.45) is 0 Å². The van der Waals surface area contributed by atoms with E-state index in [0.29, 0.717) is 23.2 Å². The maximum absolute atomic E-state index is 5.96. The first kappa shape index (κ1) is 10.7. The van der Waals surface area contributed by atoms with Gasteiger partial charge in [0.25, 0.3) is 0 Å². The number of nitrogens with two attached hydrogens (primary N) is 2. The van der Waals surface area contributed by atoms with Crippen molar-refractivity contribution in [1.29, 1.82) is 0 Å². The second kappa shape index (κ2) is 3.63. The molecule has 16 heavy (non-hydrogen) atoms. The third-order valence-corrected chi connectivity index (χ3v) is 2.68. The molecule has 0 aliphatic heterocycles. The van der Waals surface area contributed by atoms with E-state index < -0.39 is 0 Å². The molecule has 0 spiro atoms. The molecule has 2 aromatic rings. The van der Waals surface area contributed by atoms with Crippen LogP contribution < -0.4 is 11.5 Å². The first-order valence-electron chi connectivity index (χ1n) is 5.33. The first-order chi connectivity index (χ1) is 7.50. The van der Waals surface area contributed by atoms with Crippen molar-refractivity contribution in [3.05, 3.63) is 23.5 Å². The summed E-state index contributed by atoms with van der Waals surface area (Å²) in [5, 5.41) is 0.889. The van der Waals surface area contributed by atoms with Gasteiger partial charge in [0.15, 0.2) is 0 Å². The van der Waals surface area contributed by atoms with Crippen LogP contribution in [0.2, 0.25) is 0 Å². The van der Waals surface area contributed by atoms with Gasteiger partial charge >= 0.3 is 0 Å². The molecular formula is C12H16N4. The molecule has 0 bridgehead atoms. The molecule has 4 heteroatoms. The highest BCUT2D eigenvalue weighted by molar-refractivity contribution is 5.98. The molecule has 0 unspecified atom stereocenters. The number of nitrogen functional groups attached to an aromatic ring is 2. The SMILES string of the molecule is Cc1nc(N)c2c(C(C)C)ccc(N)c2n1. The highest BCUT2D eigenvalue weighted by atomic mass is 14.9. The van der Waals surface area contributed by atoms with E-state index in [1.165, 1.54) is 0 Å². The number of benzene rings is 1. The summed E-state index contributed by atoms with van der Waals surface area (Å²) in [6.07, 6.45) is 0. The molecule has 0 fully saturated rings. The molecular weight excluding hydrogens is 200 g/mol. The minimum absolute atomic E-state index is 0.372. The van der Waals surface area contributed by atoms with Crippen LogP contribution >= 0.6 is 0 Å². The summed E-state index contributed by atoms with van der Waals surface area (Å²) in [6.45, 7) is 6.05. The zero-order valence-electron chi connectivity index (χ0n) is 9.78. The normalized spacial score (nSPS) is 11.2. The average Bonchev–Trinajstić information content (AvgIpc) is 2.19. The molecule has 84 valence electrons. The van der Waals surface area contributed by atoms with Crippen LogP contribution in [0.1, 0.15) is 31.2 Å². The summed E-state index contributed by atoms with van der Waals surface area (Å²) in [5.41, 5.74) is 14.4. The smallest absolute Gasteiger partial charge is 0.135 e. The number of aromatic nitrogens is 2. The lowest BCUT2D eigenvalue weighted by Gasteiger charge is -2.13. The van der Waals surface area contributed by atoms with Crippen molar-refractivity contribution >= 4 is 22.4 Å². The second-order valence-electron chi connectivity index (χ2n) is 4.28. The molecule has 1 aromatic heterocycles. The molecule has 0 saturated heterocycles. The van der Waals surface area contributed by atoms with Gasteiger partial charge in [-0.1, -0.05) is 19.9 Å². The Morgan fingerprint density at radius 3 is 2.44 bits per heavy atom. The maximum Gasteiger partial charge on any atom is 0.135 e. The van der Waals surface area contributed by atoms with E-state index in [9.17, 15) is 0 Å². The van der Waals surface area contributed by atoms with Gasteiger partial charge in [0.05, 0.1) is 11.2 Å². The number of rotatable bonds is 1. The molecule has 4 N–H and O–H groups in total. The first-order valence-corrected chi connectivity index (χ1v) is 5.33. The van der Waals surface area contributed by atoms with Gasteiger partial charge in [-0.2, -0.15) is 0 Å². The van der Waals surface area contributed by atoms with Crippen LogP contribution in [-0.2, 0) is 0 Å². The van der Waals surface area contributed by atoms with Crippen LogP contribution in [0.15, 0.2) is 12.1 Å². The van der Waals surface area contributed by atoms with Gasteiger partial charge in [-0.25, -0.2) is 9.97 Å². The highest BCUT2D eigenvalue weighted by Crippen LogP contribution is 2.31. The number of hydrogen-bond acceptors (Lipinski definition) is 4. The Balaban J connectivity index is 2.92. The summed E-state index contributed by atoms with van der Waals surface area (Å²) in [4.78, 5) is 8.56. The van der Waals surface area contributed by atoms with E-state index in [4.69, 9.17) is 11.5 Å². The van der Waals surface area contributed by atoms with Crippen molar-refractivity contribution in [1.82, 2.24) is 9.97 Å². The van der Waals surface area contributed by atoms with Crippen LogP contribution in [0.3, 0.4) is 0 Å². The Labute approximate surface area is 94.7 Å². The Bertz CT molecular complexity index is 546. The number of aryl methyl sites for hydroxylation is 1. The van der Waals surface area contributed by atoms with Crippen molar-refractivity contribution < 1.29 is 0 Å². The Kier molecular flexibility index (Phi) is 2.42. The molecule has 0 amide bonds. The quantitative estimate of drug-likeness (QED) is 0.716. The lowest BCUT2D eigenvalue weighted by atomic mass is 9.97. The van der Waals surface area contributed by atoms with Crippen LogP contribution in [0, 0.1) is 6.92 Å². The number of fused-ring (bicyclic) bond motifs is 1. The van der Waals surface area contributed by atoms with Gasteiger partial charge in [-0.15, -0.1) is 0 Å². The Hall–Kier alpha value is -1.84. The van der Waals surface area contributed by atoms with E-state index >= 15 is 0 Å². The van der Waals surface area contributed by atoms with Gasteiger partial charge < -0.3 is 11.5 Å². The summed E-state index contributed by atoms with van der Waals surface area (Å²) in [6, 6.07) is 3.88. The predicted octanol–water partition coefficient (Wildman–Crippen LogP) is 2.23. The largest absolute Gasteiger partial charge is 0.397 e. The molecule has 0 aliphatic carbocycles. The lowest BCUT2D eigenvalue weighted by molar-refractivity contribution is 0.875. The van der Waals surface area contributed by atoms with E-state index in [-0.39, 0.29) is 0 Å². The molecule has 1 aromatic carbocycles. The third-order valence-electron chi connectivity index (χ3n) is 2.68. The standard InChI is InChI=1S/C12H16N4/c1-6(2)8-4-5-9(13)11-10(8)12(14)16-7(3)15-11/h4-6H,13H2,1-3H3,(H2,14,15,16). The van der Waals surface area contributed by atoms with Crippen LogP contribution in [0.5, 0.6) is 0 Å². The number of nitrogens with zero attached hydrogens (tertiary/aromatic N) is 2. The monoisotopic (exact) mass is 216 g/mol. The van der Waals surface area contributed by atoms with Gasteiger partial charge in [-0.3, -0.25) is 0 Å². The highest BCUT2D eigenvalue weighted by Gasteiger charge is 2.12. The van der Waals surface area contributed by atoms with Gasteiger partial charge in [0.1, 0.15) is 11.6 Å². The maximum atomic E-state index is 5.96. The fourth-order valence-corrected chi connectivity index (χ4v) is 1.91. The van der Waals surface area contributed by atoms with Crippen molar-refractivity contribution in [3.8, 4) is 0 Å². The van der Waals surface area contributed by atoms with E-state index in [2.05, 4.69) is 23.8 Å². The zero-order valence-corrected chi connectivity index (χ0v) is 9.78. The molecule has 1 heterocycles. The average molecular weight is 216 g/mol. The van der Waals surface area contributed by atoms with Gasteiger partial charge in [0, 0.05) is 5.39 Å². The fraction of sp³-hybridized carbons (Fsp3) is 0.333. The second-order valence-corrected chi connectivity index (χ2v) is 4.28. The van der Waals surface area contributed by atoms with Crippen LogP contribution in [0.25, 0.3) is 10.9 Å². The fourth-order valence-electron chi connectivity index (χ4n) is 1.91. The van der Waals surface area contributed by atoms with Gasteiger partial charge in [0.2, 0.25) is 0 Å². The molecule has 0 atom stereocenters. The van der Waals surface area contributed by atoms with Crippen LogP contribution in [0.4, 0.5) is 11.5 Å². The number of hydrogen-bond donors (Lipinski definition) is 2. The number of anilines is 2. The molecule has 0 saturated carbocycles. The zero-order chi connectivity index (χ0) is 11.9. The summed E-state index contributed by atoms with van der Waals surface area (Å²) in [7, 11) is 0. The minimum atomic E-state index is 0.372. The predicted molar refractivity (Wildman–Crippen MR) is 67.2 cm³/mol. The van der Waals surface area contributed by atoms with Crippen LogP contribution in [-0.4, -0.2) is 9.97 Å². The van der Waals surface area contributed by atoms with E-state index in [1.807, 2.05) is 19.1 Å². The molecule has 2 rings (SSSR count). The molecule has 0 aliphatic rings. The Morgan fingerprint density at radius 2 is 1.81 bits per heavy atom. The van der Waals surface area contributed by atoms with Gasteiger partial charge in [-0.05, 0) is 24.5 Å². The minimum Gasteiger partial charge on any atom is -0.397 e. The third kappa shape index (κ3) is 1.56. The molecule has 4 nitrogen and oxygen atoms in total. The Morgan fingerprint density at radius 1 is 1.12 bits per heavy atom. The van der Waals surface area contributed by atoms with Crippen molar-refractivity contribution in [3.63, 3.8) is 0 Å².